The molecule has 80 valence electrons. The van der Waals surface area contributed by atoms with Crippen molar-refractivity contribution in [1.29, 1.82) is 0 Å². The van der Waals surface area contributed by atoms with Gasteiger partial charge in [0.1, 0.15) is 17.7 Å². The van der Waals surface area contributed by atoms with Crippen molar-refractivity contribution in [1.82, 2.24) is 10.6 Å². The van der Waals surface area contributed by atoms with E-state index in [9.17, 15) is 13.6 Å². The number of amides is 1. The standard InChI is InChI=1S/C10H10F2N2O/c11-6-1-2-7(8(12)5-6)9-10(15)14-4-3-13-9/h1-2,5,9,13H,3-4H2,(H,14,15)/t9-/m0/s1. The summed E-state index contributed by atoms with van der Waals surface area (Å²) in [5.41, 5.74) is 0.175. The van der Waals surface area contributed by atoms with Crippen molar-refractivity contribution in [2.45, 2.75) is 6.04 Å². The topological polar surface area (TPSA) is 41.1 Å². The molecular weight excluding hydrogens is 202 g/mol. The summed E-state index contributed by atoms with van der Waals surface area (Å²) in [6.07, 6.45) is 0. The molecule has 1 aromatic rings. The van der Waals surface area contributed by atoms with Gasteiger partial charge >= 0.3 is 0 Å². The Kier molecular flexibility index (Phi) is 2.64. The summed E-state index contributed by atoms with van der Waals surface area (Å²) < 4.78 is 26.0. The fourth-order valence-corrected chi connectivity index (χ4v) is 1.58. The Morgan fingerprint density at radius 2 is 2.07 bits per heavy atom. The number of halogens is 2. The molecule has 2 N–H and O–H groups in total. The van der Waals surface area contributed by atoms with Gasteiger partial charge in [-0.1, -0.05) is 6.07 Å². The van der Waals surface area contributed by atoms with Crippen LogP contribution in [0.2, 0.25) is 0 Å². The Labute approximate surface area is 85.5 Å². The molecular formula is C10H10F2N2O. The van der Waals surface area contributed by atoms with Crippen molar-refractivity contribution in [3.63, 3.8) is 0 Å². The van der Waals surface area contributed by atoms with Crippen molar-refractivity contribution in [3.8, 4) is 0 Å². The van der Waals surface area contributed by atoms with Crippen molar-refractivity contribution in [3.05, 3.63) is 35.4 Å². The molecule has 1 heterocycles. The lowest BCUT2D eigenvalue weighted by molar-refractivity contribution is -0.124. The van der Waals surface area contributed by atoms with Crippen LogP contribution >= 0.6 is 0 Å². The van der Waals surface area contributed by atoms with E-state index in [0.29, 0.717) is 13.1 Å². The number of benzene rings is 1. The molecule has 0 radical (unpaired) electrons. The maximum Gasteiger partial charge on any atom is 0.241 e. The minimum Gasteiger partial charge on any atom is -0.353 e. The highest BCUT2D eigenvalue weighted by atomic mass is 19.1. The minimum absolute atomic E-state index is 0.175. The minimum atomic E-state index is -0.723. The molecule has 3 nitrogen and oxygen atoms in total. The van der Waals surface area contributed by atoms with Crippen LogP contribution in [0.5, 0.6) is 0 Å². The molecule has 1 saturated heterocycles. The van der Waals surface area contributed by atoms with Crippen LogP contribution in [0.3, 0.4) is 0 Å². The smallest absolute Gasteiger partial charge is 0.241 e. The van der Waals surface area contributed by atoms with Gasteiger partial charge in [0.25, 0.3) is 0 Å². The first kappa shape index (κ1) is 10.0. The van der Waals surface area contributed by atoms with Gasteiger partial charge in [0, 0.05) is 24.7 Å². The van der Waals surface area contributed by atoms with Crippen LogP contribution in [0.25, 0.3) is 0 Å². The zero-order valence-corrected chi connectivity index (χ0v) is 7.89. The lowest BCUT2D eigenvalue weighted by atomic mass is 10.0. The summed E-state index contributed by atoms with van der Waals surface area (Å²) in [4.78, 5) is 11.4. The Morgan fingerprint density at radius 3 is 2.73 bits per heavy atom. The molecule has 15 heavy (non-hydrogen) atoms. The first-order valence-corrected chi connectivity index (χ1v) is 4.64. The molecule has 0 saturated carbocycles. The first-order chi connectivity index (χ1) is 7.18. The fraction of sp³-hybridized carbons (Fsp3) is 0.300. The molecule has 1 amide bonds. The predicted octanol–water partition coefficient (Wildman–Crippen LogP) is 0.725. The number of hydrogen-bond donors (Lipinski definition) is 2. The Bertz CT molecular complexity index is 395. The van der Waals surface area contributed by atoms with Crippen LogP contribution in [0.1, 0.15) is 11.6 Å². The van der Waals surface area contributed by atoms with E-state index in [1.165, 1.54) is 6.07 Å². The third-order valence-electron chi connectivity index (χ3n) is 2.31. The first-order valence-electron chi connectivity index (χ1n) is 4.64. The van der Waals surface area contributed by atoms with E-state index in [1.807, 2.05) is 0 Å². The van der Waals surface area contributed by atoms with Gasteiger partial charge in [-0.15, -0.1) is 0 Å². The summed E-state index contributed by atoms with van der Waals surface area (Å²) in [7, 11) is 0. The molecule has 0 aromatic heterocycles. The van der Waals surface area contributed by atoms with Gasteiger partial charge in [-0.3, -0.25) is 4.79 Å². The van der Waals surface area contributed by atoms with Crippen LogP contribution in [0.4, 0.5) is 8.78 Å². The van der Waals surface area contributed by atoms with E-state index in [-0.39, 0.29) is 11.5 Å². The van der Waals surface area contributed by atoms with Crippen LogP contribution in [-0.4, -0.2) is 19.0 Å². The number of carbonyl (C=O) groups is 1. The zero-order valence-electron chi connectivity index (χ0n) is 7.89. The van der Waals surface area contributed by atoms with E-state index < -0.39 is 17.7 Å². The fourth-order valence-electron chi connectivity index (χ4n) is 1.58. The Hall–Kier alpha value is -1.49. The maximum absolute atomic E-state index is 13.3. The SMILES string of the molecule is O=C1NCCN[C@H]1c1ccc(F)cc1F. The number of hydrogen-bond acceptors (Lipinski definition) is 2. The predicted molar refractivity (Wildman–Crippen MR) is 50.1 cm³/mol. The zero-order chi connectivity index (χ0) is 10.8. The molecule has 1 fully saturated rings. The lowest BCUT2D eigenvalue weighted by Crippen LogP contribution is -2.47. The number of carbonyl (C=O) groups excluding carboxylic acids is 1. The Balaban J connectivity index is 2.31. The van der Waals surface area contributed by atoms with E-state index in [2.05, 4.69) is 10.6 Å². The molecule has 0 aliphatic carbocycles. The quantitative estimate of drug-likeness (QED) is 0.720. The summed E-state index contributed by atoms with van der Waals surface area (Å²) in [6.45, 7) is 1.10. The van der Waals surface area contributed by atoms with Gasteiger partial charge < -0.3 is 10.6 Å². The second kappa shape index (κ2) is 3.94. The third kappa shape index (κ3) is 1.97. The van der Waals surface area contributed by atoms with E-state index in [0.717, 1.165) is 12.1 Å². The molecule has 1 atom stereocenters. The Morgan fingerprint density at radius 1 is 1.27 bits per heavy atom. The highest BCUT2D eigenvalue weighted by molar-refractivity contribution is 5.83. The van der Waals surface area contributed by atoms with E-state index in [4.69, 9.17) is 0 Å². The van der Waals surface area contributed by atoms with Gasteiger partial charge in [-0.2, -0.15) is 0 Å². The monoisotopic (exact) mass is 212 g/mol. The van der Waals surface area contributed by atoms with Gasteiger partial charge in [-0.25, -0.2) is 8.78 Å². The normalized spacial score (nSPS) is 21.2. The van der Waals surface area contributed by atoms with E-state index in [1.54, 1.807) is 0 Å². The molecule has 0 bridgehead atoms. The van der Waals surface area contributed by atoms with Gasteiger partial charge in [0.2, 0.25) is 5.91 Å². The average molecular weight is 212 g/mol. The molecule has 0 spiro atoms. The summed E-state index contributed by atoms with van der Waals surface area (Å²) >= 11 is 0. The largest absolute Gasteiger partial charge is 0.353 e. The summed E-state index contributed by atoms with van der Waals surface area (Å²) in [6, 6.07) is 2.48. The molecule has 5 heteroatoms. The van der Waals surface area contributed by atoms with Gasteiger partial charge in [0.15, 0.2) is 0 Å². The van der Waals surface area contributed by atoms with Gasteiger partial charge in [-0.05, 0) is 6.07 Å². The van der Waals surface area contributed by atoms with Crippen LogP contribution in [0, 0.1) is 11.6 Å². The molecule has 1 aliphatic rings. The van der Waals surface area contributed by atoms with Crippen molar-refractivity contribution in [2.75, 3.05) is 13.1 Å². The maximum atomic E-state index is 13.3. The van der Waals surface area contributed by atoms with Gasteiger partial charge in [0.05, 0.1) is 0 Å². The van der Waals surface area contributed by atoms with Crippen LogP contribution in [0.15, 0.2) is 18.2 Å². The molecule has 0 unspecified atom stereocenters. The number of nitrogens with one attached hydrogen (secondary N) is 2. The second-order valence-electron chi connectivity index (χ2n) is 3.34. The van der Waals surface area contributed by atoms with Crippen molar-refractivity contribution >= 4 is 5.91 Å². The average Bonchev–Trinajstić information content (AvgIpc) is 2.20. The highest BCUT2D eigenvalue weighted by Gasteiger charge is 2.25. The lowest BCUT2D eigenvalue weighted by Gasteiger charge is -2.23. The number of piperazine rings is 1. The second-order valence-corrected chi connectivity index (χ2v) is 3.34. The van der Waals surface area contributed by atoms with Crippen molar-refractivity contribution in [2.24, 2.45) is 0 Å². The van der Waals surface area contributed by atoms with Crippen molar-refractivity contribution < 1.29 is 13.6 Å². The molecule has 1 aromatic carbocycles. The molecule has 2 rings (SSSR count). The third-order valence-corrected chi connectivity index (χ3v) is 2.31. The summed E-state index contributed by atoms with van der Waals surface area (Å²) in [5, 5.41) is 5.48. The van der Waals surface area contributed by atoms with E-state index >= 15 is 0 Å². The summed E-state index contributed by atoms with van der Waals surface area (Å²) in [5.74, 6) is -1.64. The van der Waals surface area contributed by atoms with Crippen LogP contribution < -0.4 is 10.6 Å². The molecule has 1 aliphatic heterocycles. The highest BCUT2D eigenvalue weighted by Crippen LogP contribution is 2.19. The van der Waals surface area contributed by atoms with Crippen LogP contribution in [-0.2, 0) is 4.79 Å². The number of rotatable bonds is 1.